The summed E-state index contributed by atoms with van der Waals surface area (Å²) in [6.45, 7) is 28.5. The van der Waals surface area contributed by atoms with Crippen molar-refractivity contribution in [1.29, 1.82) is 0 Å². The van der Waals surface area contributed by atoms with Crippen LogP contribution in [0.4, 0.5) is 0 Å². The topological polar surface area (TPSA) is 196 Å². The number of nitrogens with one attached hydrogen (secondary N) is 1. The maximum absolute atomic E-state index is 14.7. The van der Waals surface area contributed by atoms with Gasteiger partial charge in [-0.1, -0.05) is 77.8 Å². The van der Waals surface area contributed by atoms with Crippen LogP contribution in [-0.2, 0) is 62.3 Å². The Balaban J connectivity index is 1.46. The number of aliphatic hydroxyl groups is 1. The Morgan fingerprint density at radius 1 is 0.753 bits per heavy atom. The van der Waals surface area contributed by atoms with Crippen LogP contribution in [0.1, 0.15) is 79.6 Å². The van der Waals surface area contributed by atoms with Crippen molar-refractivity contribution in [2.75, 3.05) is 69.5 Å². The number of hydrogen-bond acceptors (Lipinski definition) is 17. The number of rotatable bonds is 34. The molecule has 18 nitrogen and oxygen atoms in total. The normalized spacial score (nSPS) is 20.0. The summed E-state index contributed by atoms with van der Waals surface area (Å²) in [5, 5.41) is 15.0. The molecule has 0 aliphatic carbocycles. The third kappa shape index (κ3) is 19.1. The number of aliphatic hydroxyl groups excluding tert-OH is 1. The molecule has 81 heavy (non-hydrogen) atoms. The Bertz CT molecular complexity index is 2510. The van der Waals surface area contributed by atoms with Crippen molar-refractivity contribution >= 4 is 28.0 Å². The summed E-state index contributed by atoms with van der Waals surface area (Å²) in [6, 6.07) is 14.7. The number of amides is 1. The van der Waals surface area contributed by atoms with Crippen LogP contribution in [0, 0.1) is 18.3 Å². The first-order chi connectivity index (χ1) is 38.3. The van der Waals surface area contributed by atoms with E-state index in [9.17, 15) is 14.7 Å². The van der Waals surface area contributed by atoms with E-state index in [1.165, 1.54) is 14.2 Å². The first-order valence-electron chi connectivity index (χ1n) is 28.0. The highest BCUT2D eigenvalue weighted by molar-refractivity contribution is 6.76. The molecule has 5 rings (SSSR count). The monoisotopic (exact) mass is 1170 g/mol. The zero-order valence-corrected chi connectivity index (χ0v) is 53.4. The van der Waals surface area contributed by atoms with Gasteiger partial charge in [-0.15, -0.1) is 6.58 Å². The highest BCUT2D eigenvalue weighted by Gasteiger charge is 2.49. The maximum atomic E-state index is 14.7. The second-order valence-electron chi connectivity index (χ2n) is 24.4. The minimum Gasteiger partial charge on any atom is -0.493 e. The van der Waals surface area contributed by atoms with Gasteiger partial charge in [-0.2, -0.15) is 0 Å². The minimum absolute atomic E-state index is 0.0258. The van der Waals surface area contributed by atoms with Gasteiger partial charge in [0.1, 0.15) is 56.1 Å². The average Bonchev–Trinajstić information content (AvgIpc) is 3.57. The predicted octanol–water partition coefficient (Wildman–Crippen LogP) is 10.3. The van der Waals surface area contributed by atoms with Crippen molar-refractivity contribution in [3.8, 4) is 34.5 Å². The fourth-order valence-corrected chi connectivity index (χ4v) is 11.3. The number of ether oxygens (including phenoxy) is 14. The van der Waals surface area contributed by atoms with Crippen molar-refractivity contribution in [2.24, 2.45) is 11.3 Å². The number of fused-ring (bicyclic) bond motifs is 1. The third-order valence-electron chi connectivity index (χ3n) is 15.3. The van der Waals surface area contributed by atoms with Crippen LogP contribution in [0.15, 0.2) is 54.6 Å². The lowest BCUT2D eigenvalue weighted by molar-refractivity contribution is -0.224. The Kier molecular flexibility index (Phi) is 25.4. The number of cyclic esters (lactones) is 1. The maximum Gasteiger partial charge on any atom is 0.342 e. The standard InChI is InChI=1S/C61H95NO17Si2/c1-38(2)27-52(70-11)57(77-37-73-24-26-81(16,17)18)58(64)62-59(71-12)53-32-54(63)61(5,6)55(78-53)33-47(76-36-72-23-25-80(13,14)15)40(4)48-30-43-39(3)46(74-34-41-19-21-44(66-7)49(28-41)68-9)31-51(56(43)60(65)79-48)75-35-42-20-22-45(67-8)50(29-42)69-10/h19-22,28-29,31,40,47-48,52-55,57,59,63H,1,23-27,30,32-37H2,2-18H3,(H,62,64)/t40-,47+,48-,52+,53+,54-,55-,57+,59+/m1/s1. The summed E-state index contributed by atoms with van der Waals surface area (Å²) in [7, 11) is 6.51. The van der Waals surface area contributed by atoms with Gasteiger partial charge in [0.2, 0.25) is 0 Å². The molecule has 3 aromatic rings. The van der Waals surface area contributed by atoms with Gasteiger partial charge < -0.3 is 76.7 Å². The molecule has 2 aliphatic rings. The van der Waals surface area contributed by atoms with Gasteiger partial charge in [0.15, 0.2) is 35.3 Å². The van der Waals surface area contributed by atoms with Gasteiger partial charge in [0.05, 0.1) is 52.9 Å². The summed E-state index contributed by atoms with van der Waals surface area (Å²) in [5.41, 5.74) is 3.38. The van der Waals surface area contributed by atoms with E-state index >= 15 is 0 Å². The molecular weight excluding hydrogens is 1070 g/mol. The fourth-order valence-electron chi connectivity index (χ4n) is 9.81. The summed E-state index contributed by atoms with van der Waals surface area (Å²) >= 11 is 0. The number of hydrogen-bond donors (Lipinski definition) is 2. The van der Waals surface area contributed by atoms with Gasteiger partial charge in [-0.25, -0.2) is 4.79 Å². The Morgan fingerprint density at radius 3 is 1.80 bits per heavy atom. The van der Waals surface area contributed by atoms with E-state index in [1.54, 1.807) is 40.6 Å². The summed E-state index contributed by atoms with van der Waals surface area (Å²) in [4.78, 5) is 29.0. The largest absolute Gasteiger partial charge is 0.493 e. The van der Waals surface area contributed by atoms with Gasteiger partial charge in [0, 0.05) is 80.2 Å². The Labute approximate surface area is 484 Å². The quantitative estimate of drug-likeness (QED) is 0.0188. The van der Waals surface area contributed by atoms with Crippen molar-refractivity contribution in [3.63, 3.8) is 0 Å². The van der Waals surface area contributed by atoms with E-state index < -0.39 is 88.3 Å². The number of benzene rings is 3. The molecule has 9 atom stereocenters. The molecule has 2 heterocycles. The molecule has 1 amide bonds. The summed E-state index contributed by atoms with van der Waals surface area (Å²) in [5.74, 6) is 1.57. The molecule has 20 heteroatoms. The predicted molar refractivity (Wildman–Crippen MR) is 316 cm³/mol. The van der Waals surface area contributed by atoms with E-state index in [-0.39, 0.29) is 39.6 Å². The smallest absolute Gasteiger partial charge is 0.342 e. The summed E-state index contributed by atoms with van der Waals surface area (Å²) in [6.07, 6.45) is -5.36. The van der Waals surface area contributed by atoms with Gasteiger partial charge >= 0.3 is 5.97 Å². The van der Waals surface area contributed by atoms with Gasteiger partial charge in [0.25, 0.3) is 5.91 Å². The molecular formula is C61H95NO17Si2. The number of methoxy groups -OCH3 is 6. The second kappa shape index (κ2) is 30.7. The third-order valence-corrected chi connectivity index (χ3v) is 18.7. The first kappa shape index (κ1) is 67.0. The molecule has 2 N–H and O–H groups in total. The van der Waals surface area contributed by atoms with E-state index in [0.717, 1.165) is 34.4 Å². The lowest BCUT2D eigenvalue weighted by Gasteiger charge is -2.48. The van der Waals surface area contributed by atoms with E-state index in [2.05, 4.69) is 51.2 Å². The van der Waals surface area contributed by atoms with E-state index in [0.29, 0.717) is 71.7 Å². The van der Waals surface area contributed by atoms with Crippen LogP contribution < -0.4 is 33.7 Å². The Morgan fingerprint density at radius 2 is 1.30 bits per heavy atom. The van der Waals surface area contributed by atoms with Crippen LogP contribution in [0.3, 0.4) is 0 Å². The zero-order valence-electron chi connectivity index (χ0n) is 51.4. The Hall–Kier alpha value is -4.75. The lowest BCUT2D eigenvalue weighted by atomic mass is 9.72. The van der Waals surface area contributed by atoms with E-state index in [4.69, 9.17) is 66.3 Å². The van der Waals surface area contributed by atoms with Gasteiger partial charge in [-0.3, -0.25) is 4.79 Å². The molecule has 2 aliphatic heterocycles. The van der Waals surface area contributed by atoms with Crippen molar-refractivity contribution in [3.05, 3.63) is 82.4 Å². The van der Waals surface area contributed by atoms with Crippen molar-refractivity contribution < 1.29 is 81.0 Å². The second-order valence-corrected chi connectivity index (χ2v) is 35.6. The highest BCUT2D eigenvalue weighted by atomic mass is 28.3. The summed E-state index contributed by atoms with van der Waals surface area (Å²) < 4.78 is 85.2. The molecule has 0 aromatic heterocycles. The molecule has 0 saturated carbocycles. The number of carbonyl (C=O) groups is 2. The molecule has 3 aromatic carbocycles. The van der Waals surface area contributed by atoms with Crippen LogP contribution in [0.25, 0.3) is 0 Å². The van der Waals surface area contributed by atoms with Crippen molar-refractivity contribution in [2.45, 2.75) is 174 Å². The molecule has 454 valence electrons. The zero-order chi connectivity index (χ0) is 59.8. The van der Waals surface area contributed by atoms with Crippen LogP contribution in [0.5, 0.6) is 34.5 Å². The fraction of sp³-hybridized carbons (Fsp3) is 0.639. The van der Waals surface area contributed by atoms with Crippen molar-refractivity contribution in [1.82, 2.24) is 5.32 Å². The minimum atomic E-state index is -1.44. The SMILES string of the molecule is C=C(C)C[C@H](OC)[C@H](OCOCC[Si](C)(C)C)C(=O)N[C@@H](OC)[C@@H]1C[C@@H](O)C(C)(C)[C@@H](C[C@H](OCOCC[Si](C)(C)C)[C@@H](C)[C@H]2Cc3c(C)c(OCc4ccc(OC)c(OC)c4)cc(OCc4ccc(OC)c(OC)c4)c3C(=O)O2)O1. The van der Waals surface area contributed by atoms with Crippen LogP contribution in [0.2, 0.25) is 51.4 Å². The van der Waals surface area contributed by atoms with Crippen LogP contribution >= 0.6 is 0 Å². The average molecular weight is 1170 g/mol. The van der Waals surface area contributed by atoms with Crippen LogP contribution in [-0.4, -0.2) is 152 Å². The molecule has 0 radical (unpaired) electrons. The molecule has 0 bridgehead atoms. The van der Waals surface area contributed by atoms with Gasteiger partial charge in [-0.05, 0) is 78.9 Å². The lowest BCUT2D eigenvalue weighted by Crippen LogP contribution is -2.59. The molecule has 1 saturated heterocycles. The van der Waals surface area contributed by atoms with E-state index in [1.807, 2.05) is 65.0 Å². The highest BCUT2D eigenvalue weighted by Crippen LogP contribution is 2.44. The number of esters is 1. The molecule has 0 spiro atoms. The molecule has 0 unspecified atom stereocenters. The first-order valence-corrected chi connectivity index (χ1v) is 35.5. The molecule has 1 fully saturated rings. The number of carbonyl (C=O) groups excluding carboxylic acids is 2.